The van der Waals surface area contributed by atoms with E-state index in [9.17, 15) is 22.8 Å². The van der Waals surface area contributed by atoms with Gasteiger partial charge < -0.3 is 10.1 Å². The number of para-hydroxylation sites is 1. The van der Waals surface area contributed by atoms with Crippen LogP contribution in [0.15, 0.2) is 84.1 Å². The number of amidine groups is 1. The molecule has 1 fully saturated rings. The maximum absolute atomic E-state index is 12.5. The fourth-order valence-electron chi connectivity index (χ4n) is 4.15. The molecule has 0 unspecified atom stereocenters. The minimum atomic E-state index is -4.76. The second kappa shape index (κ2) is 11.8. The van der Waals surface area contributed by atoms with Crippen LogP contribution in [0.4, 0.5) is 28.4 Å². The zero-order valence-electron chi connectivity index (χ0n) is 21.6. The lowest BCUT2D eigenvalue weighted by molar-refractivity contribution is -0.274. The van der Waals surface area contributed by atoms with Crippen molar-refractivity contribution in [3.63, 3.8) is 0 Å². The molecule has 1 N–H and O–H groups in total. The van der Waals surface area contributed by atoms with E-state index in [0.717, 1.165) is 28.5 Å². The van der Waals surface area contributed by atoms with Crippen LogP contribution in [0.2, 0.25) is 0 Å². The maximum atomic E-state index is 12.5. The van der Waals surface area contributed by atoms with E-state index >= 15 is 0 Å². The summed E-state index contributed by atoms with van der Waals surface area (Å²) in [5.41, 5.74) is 3.79. The van der Waals surface area contributed by atoms with E-state index in [0.29, 0.717) is 41.8 Å². The van der Waals surface area contributed by atoms with Gasteiger partial charge in [-0.2, -0.15) is 4.99 Å². The molecule has 1 aliphatic rings. The normalized spacial score (nSPS) is 14.5. The molecular formula is C28H23F3N6O3S. The van der Waals surface area contributed by atoms with Gasteiger partial charge in [-0.15, -0.1) is 18.3 Å². The number of nitrogens with zero attached hydrogens (tertiary/aromatic N) is 5. The second-order valence-electron chi connectivity index (χ2n) is 8.94. The zero-order chi connectivity index (χ0) is 29.0. The van der Waals surface area contributed by atoms with Gasteiger partial charge in [0.05, 0.1) is 17.1 Å². The number of aliphatic imine (C=N–C) groups is 1. The van der Waals surface area contributed by atoms with Crippen LogP contribution < -0.4 is 15.0 Å². The third-order valence-electron chi connectivity index (χ3n) is 6.05. The van der Waals surface area contributed by atoms with Crippen LogP contribution >= 0.6 is 11.8 Å². The lowest BCUT2D eigenvalue weighted by Gasteiger charge is -2.18. The lowest BCUT2D eigenvalue weighted by Crippen LogP contribution is -2.32. The minimum absolute atomic E-state index is 0.175. The zero-order valence-corrected chi connectivity index (χ0v) is 22.4. The van der Waals surface area contributed by atoms with Crippen molar-refractivity contribution in [3.8, 4) is 22.8 Å². The fraction of sp³-hybridized carbons (Fsp3) is 0.179. The summed E-state index contributed by atoms with van der Waals surface area (Å²) in [5, 5.41) is 7.03. The number of rotatable bonds is 7. The molecule has 1 aromatic heterocycles. The Morgan fingerprint density at radius 1 is 1.10 bits per heavy atom. The molecule has 41 heavy (non-hydrogen) atoms. The molecule has 1 aliphatic heterocycles. The number of hydrogen-bond donors (Lipinski definition) is 1. The second-order valence-corrected chi connectivity index (χ2v) is 9.87. The molecule has 1 saturated heterocycles. The van der Waals surface area contributed by atoms with Gasteiger partial charge in [0.1, 0.15) is 17.9 Å². The van der Waals surface area contributed by atoms with Crippen LogP contribution in [0.5, 0.6) is 5.75 Å². The predicted molar refractivity (Wildman–Crippen MR) is 150 cm³/mol. The van der Waals surface area contributed by atoms with Crippen LogP contribution in [-0.2, 0) is 6.42 Å². The highest BCUT2D eigenvalue weighted by Crippen LogP contribution is 2.29. The third-order valence-corrected chi connectivity index (χ3v) is 6.89. The summed E-state index contributed by atoms with van der Waals surface area (Å²) in [5.74, 6) is 0.802. The van der Waals surface area contributed by atoms with Gasteiger partial charge in [-0.05, 0) is 60.9 Å². The molecule has 0 saturated carbocycles. The highest BCUT2D eigenvalue weighted by atomic mass is 32.2. The first-order valence-corrected chi connectivity index (χ1v) is 13.4. The van der Waals surface area contributed by atoms with E-state index in [1.54, 1.807) is 0 Å². The number of benzene rings is 3. The van der Waals surface area contributed by atoms with Gasteiger partial charge in [0, 0.05) is 12.1 Å². The van der Waals surface area contributed by atoms with Gasteiger partial charge in [-0.3, -0.25) is 9.69 Å². The Labute approximate surface area is 237 Å². The standard InChI is InChI=1S/C28H23F3N6O3S/c1-18-5-2-3-8-23(18)37-24(16-41-27(37)39)34-26(38)32-14-13-19-6-4-7-20(15-19)25-33-17-36(35-25)21-9-11-22(12-10-21)40-28(29,30)31/h2-12,15,17H,13-14,16H2,1H3,(H,32,38). The molecule has 0 radical (unpaired) electrons. The van der Waals surface area contributed by atoms with Gasteiger partial charge in [-0.1, -0.05) is 48.2 Å². The number of anilines is 1. The number of aryl methyl sites for hydroxylation is 1. The number of carbonyl (C=O) groups is 2. The number of amides is 3. The van der Waals surface area contributed by atoms with E-state index < -0.39 is 12.4 Å². The van der Waals surface area contributed by atoms with Crippen molar-refractivity contribution < 1.29 is 27.5 Å². The van der Waals surface area contributed by atoms with E-state index in [-0.39, 0.29) is 11.0 Å². The van der Waals surface area contributed by atoms with Gasteiger partial charge >= 0.3 is 12.4 Å². The Morgan fingerprint density at radius 2 is 1.88 bits per heavy atom. The smallest absolute Gasteiger partial charge is 0.406 e. The molecule has 0 atom stereocenters. The van der Waals surface area contributed by atoms with Crippen LogP contribution in [0.1, 0.15) is 11.1 Å². The van der Waals surface area contributed by atoms with Crippen LogP contribution in [0.25, 0.3) is 17.1 Å². The average Bonchev–Trinajstić information content (AvgIpc) is 3.56. The molecule has 2 heterocycles. The molecule has 3 amide bonds. The number of alkyl halides is 3. The quantitative estimate of drug-likeness (QED) is 0.281. The van der Waals surface area contributed by atoms with E-state index in [2.05, 4.69) is 25.1 Å². The average molecular weight is 581 g/mol. The van der Waals surface area contributed by atoms with Crippen molar-refractivity contribution in [1.82, 2.24) is 20.1 Å². The number of carbonyl (C=O) groups excluding carboxylic acids is 2. The molecule has 0 aliphatic carbocycles. The van der Waals surface area contributed by atoms with Crippen molar-refractivity contribution in [3.05, 3.63) is 90.3 Å². The first-order valence-electron chi connectivity index (χ1n) is 12.4. The number of ether oxygens (including phenoxy) is 1. The number of thioether (sulfide) groups is 1. The van der Waals surface area contributed by atoms with Crippen molar-refractivity contribution in [2.75, 3.05) is 17.2 Å². The molecule has 3 aromatic carbocycles. The number of halogens is 3. The summed E-state index contributed by atoms with van der Waals surface area (Å²) in [6.45, 7) is 2.21. The van der Waals surface area contributed by atoms with Gasteiger partial charge in [0.25, 0.3) is 5.24 Å². The Kier molecular flexibility index (Phi) is 8.06. The van der Waals surface area contributed by atoms with Crippen molar-refractivity contribution in [2.24, 2.45) is 4.99 Å². The summed E-state index contributed by atoms with van der Waals surface area (Å²) >= 11 is 1.10. The van der Waals surface area contributed by atoms with Gasteiger partial charge in [-0.25, -0.2) is 14.5 Å². The molecule has 210 valence electrons. The van der Waals surface area contributed by atoms with Crippen LogP contribution in [0, 0.1) is 6.92 Å². The fourth-order valence-corrected chi connectivity index (χ4v) is 4.93. The Bertz CT molecular complexity index is 1600. The van der Waals surface area contributed by atoms with E-state index in [4.69, 9.17) is 0 Å². The monoisotopic (exact) mass is 580 g/mol. The Hall–Kier alpha value is -4.65. The van der Waals surface area contributed by atoms with Gasteiger partial charge in [0.2, 0.25) is 0 Å². The molecule has 9 nitrogen and oxygen atoms in total. The summed E-state index contributed by atoms with van der Waals surface area (Å²) in [4.78, 5) is 34.9. The largest absolute Gasteiger partial charge is 0.573 e. The number of hydrogen-bond acceptors (Lipinski definition) is 6. The summed E-state index contributed by atoms with van der Waals surface area (Å²) in [6, 6.07) is 19.7. The molecule has 0 bridgehead atoms. The number of aromatic nitrogens is 3. The van der Waals surface area contributed by atoms with Crippen LogP contribution in [-0.4, -0.2) is 50.5 Å². The molecule has 0 spiro atoms. The van der Waals surface area contributed by atoms with Gasteiger partial charge in [0.15, 0.2) is 5.82 Å². The van der Waals surface area contributed by atoms with Crippen molar-refractivity contribution >= 4 is 34.6 Å². The topological polar surface area (TPSA) is 102 Å². The number of nitrogens with one attached hydrogen (secondary N) is 1. The minimum Gasteiger partial charge on any atom is -0.406 e. The Morgan fingerprint density at radius 3 is 2.63 bits per heavy atom. The first kappa shape index (κ1) is 27.9. The summed E-state index contributed by atoms with van der Waals surface area (Å²) in [6.07, 6.45) is -2.78. The molecule has 5 rings (SSSR count). The van der Waals surface area contributed by atoms with Crippen molar-refractivity contribution in [1.29, 1.82) is 0 Å². The van der Waals surface area contributed by atoms with E-state index in [1.807, 2.05) is 55.5 Å². The number of urea groups is 1. The highest BCUT2D eigenvalue weighted by molar-refractivity contribution is 8.15. The van der Waals surface area contributed by atoms with Crippen LogP contribution in [0.3, 0.4) is 0 Å². The maximum Gasteiger partial charge on any atom is 0.573 e. The first-order chi connectivity index (χ1) is 19.7. The van der Waals surface area contributed by atoms with Crippen molar-refractivity contribution in [2.45, 2.75) is 19.7 Å². The molecular weight excluding hydrogens is 557 g/mol. The lowest BCUT2D eigenvalue weighted by atomic mass is 10.1. The predicted octanol–water partition coefficient (Wildman–Crippen LogP) is 6.17. The molecule has 13 heteroatoms. The molecule has 4 aromatic rings. The SMILES string of the molecule is Cc1ccccc1N1C(=O)SCC1=NC(=O)NCCc1cccc(-c2ncn(-c3ccc(OC(F)(F)F)cc3)n2)c1. The highest BCUT2D eigenvalue weighted by Gasteiger charge is 2.32. The Balaban J connectivity index is 1.19. The summed E-state index contributed by atoms with van der Waals surface area (Å²) < 4.78 is 42.5. The van der Waals surface area contributed by atoms with E-state index in [1.165, 1.54) is 40.2 Å². The summed E-state index contributed by atoms with van der Waals surface area (Å²) in [7, 11) is 0. The third kappa shape index (κ3) is 6.92.